The highest BCUT2D eigenvalue weighted by atomic mass is 19.1. The summed E-state index contributed by atoms with van der Waals surface area (Å²) < 4.78 is 24.7. The molecule has 2 N–H and O–H groups in total. The smallest absolute Gasteiger partial charge is 0.255 e. The van der Waals surface area contributed by atoms with Crippen molar-refractivity contribution in [2.75, 3.05) is 30.4 Å². The summed E-state index contributed by atoms with van der Waals surface area (Å²) in [6, 6.07) is 15.2. The van der Waals surface area contributed by atoms with E-state index < -0.39 is 0 Å². The predicted molar refractivity (Wildman–Crippen MR) is 108 cm³/mol. The molecule has 7 heteroatoms. The summed E-state index contributed by atoms with van der Waals surface area (Å²) in [6.45, 7) is 1.50. The third kappa shape index (κ3) is 4.63. The molecule has 0 fully saturated rings. The van der Waals surface area contributed by atoms with Gasteiger partial charge < -0.3 is 20.1 Å². The average molecular weight is 393 g/mol. The van der Waals surface area contributed by atoms with Crippen LogP contribution in [0.1, 0.15) is 15.9 Å². The molecule has 0 aliphatic carbocycles. The van der Waals surface area contributed by atoms with Gasteiger partial charge in [0.05, 0.1) is 0 Å². The zero-order chi connectivity index (χ0) is 20.1. The van der Waals surface area contributed by atoms with Crippen LogP contribution in [0.3, 0.4) is 0 Å². The van der Waals surface area contributed by atoms with E-state index in [4.69, 9.17) is 9.47 Å². The summed E-state index contributed by atoms with van der Waals surface area (Å²) in [7, 11) is 0. The summed E-state index contributed by atoms with van der Waals surface area (Å²) in [5.41, 5.74) is 1.71. The Hall–Kier alpha value is -3.61. The fourth-order valence-corrected chi connectivity index (χ4v) is 3.02. The second-order valence-corrected chi connectivity index (χ2v) is 6.51. The lowest BCUT2D eigenvalue weighted by Crippen LogP contribution is -2.16. The Labute approximate surface area is 167 Å². The maximum Gasteiger partial charge on any atom is 0.255 e. The first-order valence-corrected chi connectivity index (χ1v) is 9.33. The number of hydrogen-bond acceptors (Lipinski definition) is 5. The van der Waals surface area contributed by atoms with E-state index in [-0.39, 0.29) is 11.7 Å². The number of carbonyl (C=O) groups excluding carboxylic acids is 1. The molecule has 0 spiro atoms. The average Bonchev–Trinajstić information content (AvgIpc) is 2.75. The van der Waals surface area contributed by atoms with Crippen molar-refractivity contribution in [3.8, 4) is 11.5 Å². The number of pyridine rings is 1. The van der Waals surface area contributed by atoms with Crippen molar-refractivity contribution < 1.29 is 18.7 Å². The molecule has 1 amide bonds. The molecule has 148 valence electrons. The highest BCUT2D eigenvalue weighted by Gasteiger charge is 2.14. The number of hydrogen-bond donors (Lipinski definition) is 2. The molecule has 2 aromatic carbocycles. The Morgan fingerprint density at radius 3 is 2.72 bits per heavy atom. The minimum atomic E-state index is -0.263. The van der Waals surface area contributed by atoms with E-state index in [0.717, 1.165) is 0 Å². The molecule has 4 rings (SSSR count). The van der Waals surface area contributed by atoms with E-state index in [1.165, 1.54) is 6.07 Å². The van der Waals surface area contributed by atoms with Crippen LogP contribution in [0.25, 0.3) is 0 Å². The van der Waals surface area contributed by atoms with E-state index >= 15 is 0 Å². The zero-order valence-electron chi connectivity index (χ0n) is 15.7. The lowest BCUT2D eigenvalue weighted by Gasteiger charge is -2.19. The number of ether oxygens (including phenoxy) is 2. The van der Waals surface area contributed by atoms with Gasteiger partial charge in [-0.15, -0.1) is 0 Å². The number of nitrogens with one attached hydrogen (secondary N) is 2. The molecule has 0 saturated heterocycles. The maximum atomic E-state index is 13.7. The van der Waals surface area contributed by atoms with Crippen LogP contribution in [0.4, 0.5) is 15.9 Å². The number of nitrogens with zero attached hydrogens (tertiary/aromatic N) is 1. The molecule has 0 bridgehead atoms. The molecule has 0 unspecified atom stereocenters. The van der Waals surface area contributed by atoms with Crippen molar-refractivity contribution >= 4 is 17.4 Å². The van der Waals surface area contributed by atoms with Crippen LogP contribution in [0, 0.1) is 5.82 Å². The van der Waals surface area contributed by atoms with Crippen LogP contribution in [0.15, 0.2) is 60.8 Å². The summed E-state index contributed by atoms with van der Waals surface area (Å²) >= 11 is 0. The number of aromatic nitrogens is 1. The summed E-state index contributed by atoms with van der Waals surface area (Å²) in [5, 5.41) is 5.97. The largest absolute Gasteiger partial charge is 0.486 e. The number of halogens is 1. The maximum absolute atomic E-state index is 13.7. The Bertz CT molecular complexity index is 1030. The molecule has 1 aliphatic rings. The zero-order valence-corrected chi connectivity index (χ0v) is 15.7. The first-order chi connectivity index (χ1) is 14.2. The van der Waals surface area contributed by atoms with E-state index in [2.05, 4.69) is 15.6 Å². The molecular weight excluding hydrogens is 373 g/mol. The third-order valence-electron chi connectivity index (χ3n) is 4.48. The topological polar surface area (TPSA) is 72.5 Å². The lowest BCUT2D eigenvalue weighted by molar-refractivity contribution is 0.102. The predicted octanol–water partition coefficient (Wildman–Crippen LogP) is 3.90. The van der Waals surface area contributed by atoms with Crippen LogP contribution in [0.5, 0.6) is 11.5 Å². The van der Waals surface area contributed by atoms with E-state index in [1.54, 1.807) is 54.7 Å². The van der Waals surface area contributed by atoms with Crippen LogP contribution in [-0.2, 0) is 6.42 Å². The van der Waals surface area contributed by atoms with Crippen LogP contribution < -0.4 is 20.1 Å². The number of benzene rings is 2. The van der Waals surface area contributed by atoms with Gasteiger partial charge in [0.1, 0.15) is 24.8 Å². The fourth-order valence-electron chi connectivity index (χ4n) is 3.02. The van der Waals surface area contributed by atoms with Gasteiger partial charge in [-0.3, -0.25) is 4.79 Å². The number of anilines is 2. The number of fused-ring (bicyclic) bond motifs is 1. The van der Waals surface area contributed by atoms with Gasteiger partial charge in [0.15, 0.2) is 11.5 Å². The van der Waals surface area contributed by atoms with E-state index in [1.807, 2.05) is 0 Å². The molecule has 6 nitrogen and oxygen atoms in total. The Balaban J connectivity index is 1.37. The van der Waals surface area contributed by atoms with Crippen molar-refractivity contribution in [2.45, 2.75) is 6.42 Å². The molecule has 1 aliphatic heterocycles. The minimum Gasteiger partial charge on any atom is -0.486 e. The van der Waals surface area contributed by atoms with Crippen LogP contribution in [0.2, 0.25) is 0 Å². The molecule has 0 atom stereocenters. The van der Waals surface area contributed by atoms with Crippen molar-refractivity contribution in [3.05, 3.63) is 77.7 Å². The van der Waals surface area contributed by atoms with Crippen LogP contribution >= 0.6 is 0 Å². The molecule has 29 heavy (non-hydrogen) atoms. The first kappa shape index (κ1) is 18.7. The van der Waals surface area contributed by atoms with Crippen molar-refractivity contribution in [1.29, 1.82) is 0 Å². The first-order valence-electron chi connectivity index (χ1n) is 9.33. The minimum absolute atomic E-state index is 0.227. The summed E-state index contributed by atoms with van der Waals surface area (Å²) in [6.07, 6.45) is 2.08. The Morgan fingerprint density at radius 2 is 1.86 bits per heavy atom. The van der Waals surface area contributed by atoms with Gasteiger partial charge in [0.25, 0.3) is 5.91 Å². The molecule has 1 aromatic heterocycles. The quantitative estimate of drug-likeness (QED) is 0.665. The molecule has 2 heterocycles. The number of amides is 1. The molecule has 0 saturated carbocycles. The number of carbonyl (C=O) groups is 1. The van der Waals surface area contributed by atoms with Crippen molar-refractivity contribution in [1.82, 2.24) is 4.98 Å². The van der Waals surface area contributed by atoms with E-state index in [0.29, 0.717) is 60.3 Å². The van der Waals surface area contributed by atoms with E-state index in [9.17, 15) is 9.18 Å². The second-order valence-electron chi connectivity index (χ2n) is 6.51. The fraction of sp³-hybridized carbons (Fsp3) is 0.182. The second kappa shape index (κ2) is 8.60. The standard InChI is InChI=1S/C22H20FN3O3/c23-18-4-2-1-3-15(18)7-9-24-21-13-16(8-10-25-21)22(27)26-17-5-6-19-20(14-17)29-12-11-28-19/h1-6,8,10,13-14H,7,9,11-12H2,(H,24,25)(H,26,27). The Morgan fingerprint density at radius 1 is 1.03 bits per heavy atom. The molecule has 0 radical (unpaired) electrons. The Kier molecular flexibility index (Phi) is 5.56. The lowest BCUT2D eigenvalue weighted by atomic mass is 10.1. The summed E-state index contributed by atoms with van der Waals surface area (Å²) in [5.74, 6) is 1.34. The van der Waals surface area contributed by atoms with Crippen molar-refractivity contribution in [3.63, 3.8) is 0 Å². The SMILES string of the molecule is O=C(Nc1ccc2c(c1)OCCO2)c1ccnc(NCCc2ccccc2F)c1. The molecule has 3 aromatic rings. The van der Waals surface area contributed by atoms with Gasteiger partial charge in [0.2, 0.25) is 0 Å². The van der Waals surface area contributed by atoms with Crippen LogP contribution in [-0.4, -0.2) is 30.6 Å². The van der Waals surface area contributed by atoms with Gasteiger partial charge >= 0.3 is 0 Å². The van der Waals surface area contributed by atoms with Gasteiger partial charge in [-0.2, -0.15) is 0 Å². The molecular formula is C22H20FN3O3. The highest BCUT2D eigenvalue weighted by molar-refractivity contribution is 6.04. The third-order valence-corrected chi connectivity index (χ3v) is 4.48. The number of rotatable bonds is 6. The van der Waals surface area contributed by atoms with Crippen molar-refractivity contribution in [2.24, 2.45) is 0 Å². The van der Waals surface area contributed by atoms with Gasteiger partial charge in [-0.1, -0.05) is 18.2 Å². The highest BCUT2D eigenvalue weighted by Crippen LogP contribution is 2.32. The van der Waals surface area contributed by atoms with Gasteiger partial charge in [-0.05, 0) is 42.3 Å². The monoisotopic (exact) mass is 393 g/mol. The van der Waals surface area contributed by atoms with Gasteiger partial charge in [-0.25, -0.2) is 9.37 Å². The van der Waals surface area contributed by atoms with Gasteiger partial charge in [0, 0.05) is 30.1 Å². The summed E-state index contributed by atoms with van der Waals surface area (Å²) in [4.78, 5) is 16.8. The normalized spacial score (nSPS) is 12.3.